The molecule has 0 spiro atoms. The molecule has 0 N–H and O–H groups in total. The van der Waals surface area contributed by atoms with Gasteiger partial charge in [0.15, 0.2) is 5.69 Å². The summed E-state index contributed by atoms with van der Waals surface area (Å²) in [7, 11) is 0. The van der Waals surface area contributed by atoms with Crippen LogP contribution >= 0.6 is 0 Å². The number of ether oxygens (including phenoxy) is 1. The molecule has 0 radical (unpaired) electrons. The van der Waals surface area contributed by atoms with E-state index in [0.717, 1.165) is 18.8 Å². The van der Waals surface area contributed by atoms with Crippen molar-refractivity contribution in [2.75, 3.05) is 0 Å². The molecule has 84 valence electrons. The molecule has 1 aromatic heterocycles. The Balaban J connectivity index is 1.92. The summed E-state index contributed by atoms with van der Waals surface area (Å²) in [6, 6.07) is 1.93. The van der Waals surface area contributed by atoms with Gasteiger partial charge in [-0.25, -0.2) is 9.97 Å². The third-order valence-electron chi connectivity index (χ3n) is 3.10. The van der Waals surface area contributed by atoms with Gasteiger partial charge in [-0.1, -0.05) is 13.3 Å². The molecule has 1 saturated carbocycles. The molecule has 0 saturated heterocycles. The first kappa shape index (κ1) is 10.9. The highest BCUT2D eigenvalue weighted by Gasteiger charge is 2.24. The van der Waals surface area contributed by atoms with Crippen LogP contribution in [0.3, 0.4) is 0 Å². The summed E-state index contributed by atoms with van der Waals surface area (Å²) in [5, 5.41) is 8.59. The molecule has 4 heteroatoms. The molecule has 2 atom stereocenters. The van der Waals surface area contributed by atoms with E-state index in [1.54, 1.807) is 0 Å². The fourth-order valence-electron chi connectivity index (χ4n) is 2.11. The number of hydrogen-bond donors (Lipinski definition) is 0. The molecule has 0 aliphatic heterocycles. The summed E-state index contributed by atoms with van der Waals surface area (Å²) in [5.41, 5.74) is 0.324. The summed E-state index contributed by atoms with van der Waals surface area (Å²) in [6.07, 6.45) is 7.91. The third-order valence-corrected chi connectivity index (χ3v) is 3.10. The van der Waals surface area contributed by atoms with Gasteiger partial charge in [0.2, 0.25) is 5.88 Å². The number of rotatable bonds is 3. The lowest BCUT2D eigenvalue weighted by molar-refractivity contribution is 0.194. The predicted molar refractivity (Wildman–Crippen MR) is 58.8 cm³/mol. The minimum atomic E-state index is 0.271. The summed E-state index contributed by atoms with van der Waals surface area (Å²) in [4.78, 5) is 7.99. The summed E-state index contributed by atoms with van der Waals surface area (Å²) in [6.45, 7) is 2.22. The van der Waals surface area contributed by atoms with Gasteiger partial charge in [-0.3, -0.25) is 0 Å². The second-order valence-electron chi connectivity index (χ2n) is 4.18. The van der Waals surface area contributed by atoms with Crippen LogP contribution in [0.5, 0.6) is 5.88 Å². The predicted octanol–water partition coefficient (Wildman–Crippen LogP) is 2.31. The Morgan fingerprint density at radius 1 is 1.44 bits per heavy atom. The number of nitrogens with zero attached hydrogens (tertiary/aromatic N) is 3. The van der Waals surface area contributed by atoms with Crippen molar-refractivity contribution in [2.24, 2.45) is 5.92 Å². The van der Waals surface area contributed by atoms with Gasteiger partial charge in [-0.2, -0.15) is 5.26 Å². The topological polar surface area (TPSA) is 58.8 Å². The molecule has 1 heterocycles. The first-order valence-corrected chi connectivity index (χ1v) is 5.70. The van der Waals surface area contributed by atoms with Crippen LogP contribution in [0.2, 0.25) is 0 Å². The van der Waals surface area contributed by atoms with E-state index in [1.165, 1.54) is 25.2 Å². The summed E-state index contributed by atoms with van der Waals surface area (Å²) < 4.78 is 5.72. The molecule has 2 unspecified atom stereocenters. The number of nitriles is 1. The lowest BCUT2D eigenvalue weighted by Crippen LogP contribution is -2.13. The van der Waals surface area contributed by atoms with Gasteiger partial charge in [0.05, 0.1) is 12.4 Å². The normalized spacial score (nSPS) is 24.0. The van der Waals surface area contributed by atoms with Crippen molar-refractivity contribution in [1.82, 2.24) is 9.97 Å². The van der Waals surface area contributed by atoms with Gasteiger partial charge in [0, 0.05) is 0 Å². The molecular formula is C12H15N3O. The lowest BCUT2D eigenvalue weighted by Gasteiger charge is -2.12. The van der Waals surface area contributed by atoms with Crippen molar-refractivity contribution in [2.45, 2.75) is 38.7 Å². The Morgan fingerprint density at radius 3 is 2.88 bits per heavy atom. The van der Waals surface area contributed by atoms with Crippen LogP contribution in [0, 0.1) is 17.2 Å². The standard InChI is InChI=1S/C12H15N3O/c1-2-9-3-4-11(5-9)16-12-8-14-10(6-13)7-15-12/h7-9,11H,2-5H2,1H3. The molecule has 2 rings (SSSR count). The van der Waals surface area contributed by atoms with E-state index in [9.17, 15) is 0 Å². The highest BCUT2D eigenvalue weighted by atomic mass is 16.5. The van der Waals surface area contributed by atoms with E-state index >= 15 is 0 Å². The second kappa shape index (κ2) is 4.93. The molecule has 1 aromatic rings. The lowest BCUT2D eigenvalue weighted by atomic mass is 10.1. The average Bonchev–Trinajstić information content (AvgIpc) is 2.78. The fourth-order valence-corrected chi connectivity index (χ4v) is 2.11. The Hall–Kier alpha value is -1.63. The Bertz CT molecular complexity index is 382. The van der Waals surface area contributed by atoms with E-state index in [4.69, 9.17) is 10.00 Å². The number of hydrogen-bond acceptors (Lipinski definition) is 4. The first-order chi connectivity index (χ1) is 7.81. The monoisotopic (exact) mass is 217 g/mol. The van der Waals surface area contributed by atoms with E-state index in [-0.39, 0.29) is 6.10 Å². The van der Waals surface area contributed by atoms with Gasteiger partial charge >= 0.3 is 0 Å². The average molecular weight is 217 g/mol. The van der Waals surface area contributed by atoms with Gasteiger partial charge in [0.1, 0.15) is 12.2 Å². The van der Waals surface area contributed by atoms with Crippen molar-refractivity contribution in [3.8, 4) is 11.9 Å². The van der Waals surface area contributed by atoms with Gasteiger partial charge in [0.25, 0.3) is 0 Å². The highest BCUT2D eigenvalue weighted by molar-refractivity contribution is 5.18. The van der Waals surface area contributed by atoms with Crippen LogP contribution in [-0.4, -0.2) is 16.1 Å². The van der Waals surface area contributed by atoms with E-state index in [1.807, 2.05) is 6.07 Å². The SMILES string of the molecule is CCC1CCC(Oc2cnc(C#N)cn2)C1. The Labute approximate surface area is 95.3 Å². The highest BCUT2D eigenvalue weighted by Crippen LogP contribution is 2.30. The van der Waals surface area contributed by atoms with Gasteiger partial charge < -0.3 is 4.74 Å². The van der Waals surface area contributed by atoms with Gasteiger partial charge in [-0.15, -0.1) is 0 Å². The molecule has 1 aliphatic carbocycles. The summed E-state index contributed by atoms with van der Waals surface area (Å²) >= 11 is 0. The molecule has 0 bridgehead atoms. The molecule has 1 fully saturated rings. The van der Waals surface area contributed by atoms with Crippen LogP contribution in [0.1, 0.15) is 38.3 Å². The second-order valence-corrected chi connectivity index (χ2v) is 4.18. The maximum Gasteiger partial charge on any atom is 0.232 e. The molecular weight excluding hydrogens is 202 g/mol. The van der Waals surface area contributed by atoms with Crippen molar-refractivity contribution in [1.29, 1.82) is 5.26 Å². The van der Waals surface area contributed by atoms with Crippen LogP contribution < -0.4 is 4.74 Å². The van der Waals surface area contributed by atoms with Crippen molar-refractivity contribution >= 4 is 0 Å². The van der Waals surface area contributed by atoms with Crippen LogP contribution in [0.15, 0.2) is 12.4 Å². The van der Waals surface area contributed by atoms with Crippen molar-refractivity contribution in [3.05, 3.63) is 18.1 Å². The molecule has 1 aliphatic rings. The quantitative estimate of drug-likeness (QED) is 0.779. The van der Waals surface area contributed by atoms with E-state index in [0.29, 0.717) is 11.6 Å². The zero-order chi connectivity index (χ0) is 11.4. The minimum absolute atomic E-state index is 0.271. The smallest absolute Gasteiger partial charge is 0.232 e. The fraction of sp³-hybridized carbons (Fsp3) is 0.583. The Morgan fingerprint density at radius 2 is 2.31 bits per heavy atom. The van der Waals surface area contributed by atoms with Gasteiger partial charge in [-0.05, 0) is 25.2 Å². The maximum atomic E-state index is 8.59. The zero-order valence-corrected chi connectivity index (χ0v) is 9.39. The largest absolute Gasteiger partial charge is 0.473 e. The van der Waals surface area contributed by atoms with Crippen LogP contribution in [-0.2, 0) is 0 Å². The third kappa shape index (κ3) is 2.48. The Kier molecular flexibility index (Phi) is 3.35. The van der Waals surface area contributed by atoms with E-state index < -0.39 is 0 Å². The summed E-state index contributed by atoms with van der Waals surface area (Å²) in [5.74, 6) is 1.32. The molecule has 4 nitrogen and oxygen atoms in total. The minimum Gasteiger partial charge on any atom is -0.473 e. The van der Waals surface area contributed by atoms with Crippen molar-refractivity contribution in [3.63, 3.8) is 0 Å². The number of aromatic nitrogens is 2. The van der Waals surface area contributed by atoms with Crippen molar-refractivity contribution < 1.29 is 4.74 Å². The van der Waals surface area contributed by atoms with Crippen LogP contribution in [0.25, 0.3) is 0 Å². The zero-order valence-electron chi connectivity index (χ0n) is 9.39. The molecule has 0 amide bonds. The van der Waals surface area contributed by atoms with E-state index in [2.05, 4.69) is 16.9 Å². The maximum absolute atomic E-state index is 8.59. The molecule has 16 heavy (non-hydrogen) atoms. The molecule has 0 aromatic carbocycles. The first-order valence-electron chi connectivity index (χ1n) is 5.70. The van der Waals surface area contributed by atoms with Crippen LogP contribution in [0.4, 0.5) is 0 Å².